The third-order valence-electron chi connectivity index (χ3n) is 2.79. The molecule has 4 nitrogen and oxygen atoms in total. The average molecular weight is 355 g/mol. The summed E-state index contributed by atoms with van der Waals surface area (Å²) in [6.45, 7) is 1.93. The van der Waals surface area contributed by atoms with Crippen LogP contribution in [0.3, 0.4) is 0 Å². The summed E-state index contributed by atoms with van der Waals surface area (Å²) in [5.41, 5.74) is 0.456. The van der Waals surface area contributed by atoms with E-state index in [1.165, 1.54) is 6.33 Å². The minimum atomic E-state index is -0.560. The van der Waals surface area contributed by atoms with Gasteiger partial charge < -0.3 is 10.4 Å². The van der Waals surface area contributed by atoms with Gasteiger partial charge in [0.25, 0.3) is 0 Å². The summed E-state index contributed by atoms with van der Waals surface area (Å²) in [7, 11) is 0. The third-order valence-corrected chi connectivity index (χ3v) is 3.58. The Kier molecular flexibility index (Phi) is 4.13. The topological polar surface area (TPSA) is 58.0 Å². The van der Waals surface area contributed by atoms with Crippen molar-refractivity contribution in [2.75, 3.05) is 11.9 Å². The summed E-state index contributed by atoms with van der Waals surface area (Å²) in [6, 6.07) is 9.83. The van der Waals surface area contributed by atoms with E-state index in [1.807, 2.05) is 37.3 Å². The van der Waals surface area contributed by atoms with Crippen molar-refractivity contribution >= 4 is 28.4 Å². The predicted octanol–water partition coefficient (Wildman–Crippen LogP) is 2.40. The highest BCUT2D eigenvalue weighted by molar-refractivity contribution is 14.1. The lowest BCUT2D eigenvalue weighted by Crippen LogP contribution is -2.36. The van der Waals surface area contributed by atoms with Gasteiger partial charge in [-0.05, 0) is 35.1 Å². The molecule has 0 fully saturated rings. The average Bonchev–Trinajstić information content (AvgIpc) is 2.42. The Morgan fingerprint density at radius 3 is 2.67 bits per heavy atom. The number of hydrogen-bond acceptors (Lipinski definition) is 4. The highest BCUT2D eigenvalue weighted by atomic mass is 127. The van der Waals surface area contributed by atoms with Crippen molar-refractivity contribution in [2.45, 2.75) is 12.5 Å². The van der Waals surface area contributed by atoms with Crippen LogP contribution in [0.4, 0.5) is 5.82 Å². The zero-order chi connectivity index (χ0) is 13.0. The number of benzene rings is 1. The van der Waals surface area contributed by atoms with Gasteiger partial charge in [-0.25, -0.2) is 9.97 Å². The Balaban J connectivity index is 2.32. The Morgan fingerprint density at radius 1 is 1.33 bits per heavy atom. The van der Waals surface area contributed by atoms with Crippen LogP contribution in [-0.4, -0.2) is 21.7 Å². The molecule has 94 valence electrons. The Labute approximate surface area is 120 Å². The maximum Gasteiger partial charge on any atom is 0.143 e. The number of anilines is 1. The number of nitrogens with zero attached hydrogens (tertiary/aromatic N) is 2. The Morgan fingerprint density at radius 2 is 2.06 bits per heavy atom. The quantitative estimate of drug-likeness (QED) is 0.827. The molecule has 5 heteroatoms. The maximum absolute atomic E-state index is 9.68. The lowest BCUT2D eigenvalue weighted by Gasteiger charge is -2.30. The molecular formula is C13H14IN3O. The SMILES string of the molecule is CC(CO)(Nc1ncncc1I)c1ccccc1. The molecule has 0 saturated carbocycles. The van der Waals surface area contributed by atoms with E-state index in [-0.39, 0.29) is 6.61 Å². The van der Waals surface area contributed by atoms with E-state index >= 15 is 0 Å². The maximum atomic E-state index is 9.68. The molecule has 18 heavy (non-hydrogen) atoms. The van der Waals surface area contributed by atoms with Gasteiger partial charge in [0.05, 0.1) is 15.7 Å². The standard InChI is InChI=1S/C13H14IN3O/c1-13(8-18,10-5-3-2-4-6-10)17-12-11(14)7-15-9-16-12/h2-7,9,18H,8H2,1H3,(H,15,16,17). The van der Waals surface area contributed by atoms with Crippen LogP contribution >= 0.6 is 22.6 Å². The van der Waals surface area contributed by atoms with E-state index in [2.05, 4.69) is 37.9 Å². The molecule has 0 amide bonds. The van der Waals surface area contributed by atoms with Crippen molar-refractivity contribution < 1.29 is 5.11 Å². The predicted molar refractivity (Wildman–Crippen MR) is 79.3 cm³/mol. The molecule has 2 aromatic rings. The lowest BCUT2D eigenvalue weighted by atomic mass is 9.93. The first-order valence-electron chi connectivity index (χ1n) is 5.56. The van der Waals surface area contributed by atoms with Crippen LogP contribution in [0.2, 0.25) is 0 Å². The van der Waals surface area contributed by atoms with Gasteiger partial charge in [-0.1, -0.05) is 30.3 Å². The number of aromatic nitrogens is 2. The summed E-state index contributed by atoms with van der Waals surface area (Å²) in [6.07, 6.45) is 3.23. The molecule has 0 aliphatic carbocycles. The second-order valence-electron chi connectivity index (χ2n) is 4.20. The molecule has 0 spiro atoms. The van der Waals surface area contributed by atoms with Crippen molar-refractivity contribution in [1.29, 1.82) is 0 Å². The molecule has 1 atom stereocenters. The molecule has 0 radical (unpaired) electrons. The smallest absolute Gasteiger partial charge is 0.143 e. The summed E-state index contributed by atoms with van der Waals surface area (Å²) in [5, 5.41) is 13.0. The number of nitrogens with one attached hydrogen (secondary N) is 1. The fraction of sp³-hybridized carbons (Fsp3) is 0.231. The summed E-state index contributed by atoms with van der Waals surface area (Å²) in [4.78, 5) is 8.15. The van der Waals surface area contributed by atoms with Gasteiger partial charge >= 0.3 is 0 Å². The summed E-state index contributed by atoms with van der Waals surface area (Å²) < 4.78 is 0.922. The number of aliphatic hydroxyl groups is 1. The van der Waals surface area contributed by atoms with E-state index in [0.717, 1.165) is 15.0 Å². The molecule has 0 saturated heterocycles. The van der Waals surface area contributed by atoms with Crippen LogP contribution in [0.1, 0.15) is 12.5 Å². The molecule has 2 rings (SSSR count). The van der Waals surface area contributed by atoms with Crippen LogP contribution in [0.15, 0.2) is 42.9 Å². The van der Waals surface area contributed by atoms with Gasteiger partial charge in [-0.15, -0.1) is 0 Å². The highest BCUT2D eigenvalue weighted by Gasteiger charge is 2.26. The zero-order valence-corrected chi connectivity index (χ0v) is 12.1. The van der Waals surface area contributed by atoms with Crippen LogP contribution in [0.5, 0.6) is 0 Å². The van der Waals surface area contributed by atoms with Gasteiger partial charge in [-0.3, -0.25) is 0 Å². The van der Waals surface area contributed by atoms with E-state index in [1.54, 1.807) is 6.20 Å². The minimum Gasteiger partial charge on any atom is -0.394 e. The second-order valence-corrected chi connectivity index (χ2v) is 5.36. The zero-order valence-electron chi connectivity index (χ0n) is 9.97. The fourth-order valence-corrected chi connectivity index (χ4v) is 2.11. The van der Waals surface area contributed by atoms with Crippen molar-refractivity contribution in [3.05, 3.63) is 52.0 Å². The van der Waals surface area contributed by atoms with Gasteiger partial charge in [-0.2, -0.15) is 0 Å². The molecule has 2 N–H and O–H groups in total. The second kappa shape index (κ2) is 5.62. The largest absolute Gasteiger partial charge is 0.394 e. The lowest BCUT2D eigenvalue weighted by molar-refractivity contribution is 0.223. The van der Waals surface area contributed by atoms with E-state index < -0.39 is 5.54 Å². The number of aliphatic hydroxyl groups excluding tert-OH is 1. The summed E-state index contributed by atoms with van der Waals surface area (Å²) in [5.74, 6) is 0.728. The molecule has 0 bridgehead atoms. The normalized spacial score (nSPS) is 13.9. The van der Waals surface area contributed by atoms with E-state index in [9.17, 15) is 5.11 Å². The van der Waals surface area contributed by atoms with Gasteiger partial charge in [0.15, 0.2) is 0 Å². The fourth-order valence-electron chi connectivity index (χ4n) is 1.67. The number of halogens is 1. The van der Waals surface area contributed by atoms with Crippen molar-refractivity contribution in [3.63, 3.8) is 0 Å². The van der Waals surface area contributed by atoms with E-state index in [4.69, 9.17) is 0 Å². The van der Waals surface area contributed by atoms with Crippen LogP contribution in [0, 0.1) is 3.57 Å². The molecule has 1 heterocycles. The van der Waals surface area contributed by atoms with Crippen molar-refractivity contribution in [1.82, 2.24) is 9.97 Å². The van der Waals surface area contributed by atoms with Crippen molar-refractivity contribution in [2.24, 2.45) is 0 Å². The Hall–Kier alpha value is -1.21. The molecule has 1 unspecified atom stereocenters. The van der Waals surface area contributed by atoms with Crippen molar-refractivity contribution in [3.8, 4) is 0 Å². The molecule has 1 aromatic carbocycles. The van der Waals surface area contributed by atoms with E-state index in [0.29, 0.717) is 0 Å². The molecule has 1 aromatic heterocycles. The monoisotopic (exact) mass is 355 g/mol. The molecule has 0 aliphatic heterocycles. The first-order chi connectivity index (χ1) is 8.65. The van der Waals surface area contributed by atoms with Gasteiger partial charge in [0.2, 0.25) is 0 Å². The van der Waals surface area contributed by atoms with Crippen LogP contribution in [0.25, 0.3) is 0 Å². The minimum absolute atomic E-state index is 0.0168. The molecule has 0 aliphatic rings. The number of hydrogen-bond donors (Lipinski definition) is 2. The first kappa shape index (κ1) is 13.2. The van der Waals surface area contributed by atoms with Crippen LogP contribution in [-0.2, 0) is 5.54 Å². The molecular weight excluding hydrogens is 341 g/mol. The van der Waals surface area contributed by atoms with Gasteiger partial charge in [0, 0.05) is 6.20 Å². The first-order valence-corrected chi connectivity index (χ1v) is 6.64. The highest BCUT2D eigenvalue weighted by Crippen LogP contribution is 2.26. The summed E-state index contributed by atoms with van der Waals surface area (Å²) >= 11 is 2.17. The third kappa shape index (κ3) is 2.78. The van der Waals surface area contributed by atoms with Crippen LogP contribution < -0.4 is 5.32 Å². The Bertz CT molecular complexity index is 521. The van der Waals surface area contributed by atoms with Gasteiger partial charge in [0.1, 0.15) is 12.1 Å². The number of rotatable bonds is 4.